The number of nitrogens with zero attached hydrogens (tertiary/aromatic N) is 1. The number of likely N-dealkylation sites (N-methyl/N-ethyl adjacent to an activating group) is 1. The molecule has 1 unspecified atom stereocenters. The standard InChI is InChI=1S/C16H25NO/c1-4-5-9-16(10-11-17(2)13-16)14-7-6-8-15(12-14)18-3/h6-8,12H,4-5,9-11,13H2,1-3H3. The summed E-state index contributed by atoms with van der Waals surface area (Å²) in [6.45, 7) is 4.67. The van der Waals surface area contributed by atoms with E-state index in [2.05, 4.69) is 37.1 Å². The largest absolute Gasteiger partial charge is 0.497 e. The third-order valence-electron chi connectivity index (χ3n) is 4.24. The molecule has 0 radical (unpaired) electrons. The second kappa shape index (κ2) is 5.75. The number of unbranched alkanes of at least 4 members (excludes halogenated alkanes) is 1. The number of hydrogen-bond acceptors (Lipinski definition) is 2. The maximum absolute atomic E-state index is 5.38. The zero-order chi connectivity index (χ0) is 13.0. The molecule has 1 aliphatic rings. The summed E-state index contributed by atoms with van der Waals surface area (Å²) in [4.78, 5) is 2.45. The lowest BCUT2D eigenvalue weighted by Crippen LogP contribution is -2.29. The minimum atomic E-state index is 0.347. The normalized spacial score (nSPS) is 24.4. The molecule has 1 aromatic rings. The van der Waals surface area contributed by atoms with Crippen molar-refractivity contribution in [3.63, 3.8) is 0 Å². The second-order valence-electron chi connectivity index (χ2n) is 5.60. The quantitative estimate of drug-likeness (QED) is 0.790. The molecule has 100 valence electrons. The molecule has 0 bridgehead atoms. The first-order valence-electron chi connectivity index (χ1n) is 7.03. The van der Waals surface area contributed by atoms with Crippen molar-refractivity contribution in [2.75, 3.05) is 27.2 Å². The van der Waals surface area contributed by atoms with Crippen molar-refractivity contribution in [2.24, 2.45) is 0 Å². The summed E-state index contributed by atoms with van der Waals surface area (Å²) in [5, 5.41) is 0. The van der Waals surface area contributed by atoms with Crippen LogP contribution >= 0.6 is 0 Å². The van der Waals surface area contributed by atoms with Crippen LogP contribution in [0.2, 0.25) is 0 Å². The molecule has 0 aliphatic carbocycles. The van der Waals surface area contributed by atoms with E-state index < -0.39 is 0 Å². The highest BCUT2D eigenvalue weighted by Gasteiger charge is 2.37. The lowest BCUT2D eigenvalue weighted by atomic mass is 9.75. The van der Waals surface area contributed by atoms with Gasteiger partial charge in [-0.25, -0.2) is 0 Å². The third-order valence-corrected chi connectivity index (χ3v) is 4.24. The summed E-state index contributed by atoms with van der Waals surface area (Å²) in [6.07, 6.45) is 5.15. The fourth-order valence-electron chi connectivity index (χ4n) is 3.13. The van der Waals surface area contributed by atoms with Crippen LogP contribution in [-0.4, -0.2) is 32.1 Å². The van der Waals surface area contributed by atoms with Gasteiger partial charge in [0.1, 0.15) is 5.75 Å². The highest BCUT2D eigenvalue weighted by Crippen LogP contribution is 2.39. The van der Waals surface area contributed by atoms with E-state index in [-0.39, 0.29) is 0 Å². The Hall–Kier alpha value is -1.02. The van der Waals surface area contributed by atoms with Crippen LogP contribution in [0.4, 0.5) is 0 Å². The highest BCUT2D eigenvalue weighted by atomic mass is 16.5. The van der Waals surface area contributed by atoms with E-state index in [1.54, 1.807) is 7.11 Å². The minimum absolute atomic E-state index is 0.347. The van der Waals surface area contributed by atoms with E-state index in [4.69, 9.17) is 4.74 Å². The van der Waals surface area contributed by atoms with Gasteiger partial charge in [0.25, 0.3) is 0 Å². The first kappa shape index (κ1) is 13.4. The molecule has 1 aliphatic heterocycles. The van der Waals surface area contributed by atoms with E-state index in [1.165, 1.54) is 44.3 Å². The smallest absolute Gasteiger partial charge is 0.119 e. The monoisotopic (exact) mass is 247 g/mol. The molecule has 0 saturated carbocycles. The van der Waals surface area contributed by atoms with Crippen LogP contribution in [0.25, 0.3) is 0 Å². The summed E-state index contributed by atoms with van der Waals surface area (Å²) in [7, 11) is 3.98. The van der Waals surface area contributed by atoms with Gasteiger partial charge in [-0.1, -0.05) is 31.9 Å². The maximum atomic E-state index is 5.38. The average molecular weight is 247 g/mol. The van der Waals surface area contributed by atoms with Crippen LogP contribution in [0.15, 0.2) is 24.3 Å². The first-order chi connectivity index (χ1) is 8.70. The number of rotatable bonds is 5. The predicted molar refractivity (Wildman–Crippen MR) is 76.3 cm³/mol. The van der Waals surface area contributed by atoms with Crippen molar-refractivity contribution in [3.05, 3.63) is 29.8 Å². The first-order valence-corrected chi connectivity index (χ1v) is 7.03. The fourth-order valence-corrected chi connectivity index (χ4v) is 3.13. The summed E-state index contributed by atoms with van der Waals surface area (Å²) in [5.41, 5.74) is 1.80. The Morgan fingerprint density at radius 3 is 2.83 bits per heavy atom. The van der Waals surface area contributed by atoms with Gasteiger partial charge in [0, 0.05) is 12.0 Å². The summed E-state index contributed by atoms with van der Waals surface area (Å²) < 4.78 is 5.38. The molecule has 1 fully saturated rings. The van der Waals surface area contributed by atoms with Gasteiger partial charge in [-0.2, -0.15) is 0 Å². The molecule has 0 amide bonds. The zero-order valence-electron chi connectivity index (χ0n) is 11.9. The van der Waals surface area contributed by atoms with Crippen LogP contribution in [0.3, 0.4) is 0 Å². The lowest BCUT2D eigenvalue weighted by Gasteiger charge is -2.30. The number of ether oxygens (including phenoxy) is 1. The zero-order valence-corrected chi connectivity index (χ0v) is 11.9. The van der Waals surface area contributed by atoms with Crippen molar-refractivity contribution in [1.29, 1.82) is 0 Å². The molecular weight excluding hydrogens is 222 g/mol. The molecular formula is C16H25NO. The SMILES string of the molecule is CCCCC1(c2cccc(OC)c2)CCN(C)C1. The highest BCUT2D eigenvalue weighted by molar-refractivity contribution is 5.35. The molecule has 0 N–H and O–H groups in total. The Morgan fingerprint density at radius 1 is 1.39 bits per heavy atom. The van der Waals surface area contributed by atoms with Gasteiger partial charge in [0.2, 0.25) is 0 Å². The van der Waals surface area contributed by atoms with Gasteiger partial charge >= 0.3 is 0 Å². The number of likely N-dealkylation sites (tertiary alicyclic amines) is 1. The van der Waals surface area contributed by atoms with Crippen molar-refractivity contribution < 1.29 is 4.74 Å². The number of hydrogen-bond donors (Lipinski definition) is 0. The number of benzene rings is 1. The topological polar surface area (TPSA) is 12.5 Å². The maximum Gasteiger partial charge on any atom is 0.119 e. The van der Waals surface area contributed by atoms with Crippen molar-refractivity contribution >= 4 is 0 Å². The molecule has 0 spiro atoms. The molecule has 0 aromatic heterocycles. The van der Waals surface area contributed by atoms with Crippen LogP contribution in [0.1, 0.15) is 38.2 Å². The van der Waals surface area contributed by atoms with Crippen molar-refractivity contribution in [2.45, 2.75) is 38.0 Å². The Labute approximate surface area is 111 Å². The van der Waals surface area contributed by atoms with E-state index in [0.29, 0.717) is 5.41 Å². The molecule has 1 heterocycles. The van der Waals surface area contributed by atoms with Gasteiger partial charge in [-0.15, -0.1) is 0 Å². The molecule has 2 heteroatoms. The Kier molecular flexibility index (Phi) is 4.28. The van der Waals surface area contributed by atoms with Gasteiger partial charge < -0.3 is 9.64 Å². The average Bonchev–Trinajstić information content (AvgIpc) is 2.79. The summed E-state index contributed by atoms with van der Waals surface area (Å²) in [6, 6.07) is 8.67. The molecule has 18 heavy (non-hydrogen) atoms. The summed E-state index contributed by atoms with van der Waals surface area (Å²) in [5.74, 6) is 0.984. The molecule has 2 rings (SSSR count). The third kappa shape index (κ3) is 2.69. The lowest BCUT2D eigenvalue weighted by molar-refractivity contribution is 0.344. The predicted octanol–water partition coefficient (Wildman–Crippen LogP) is 3.46. The number of methoxy groups -OCH3 is 1. The minimum Gasteiger partial charge on any atom is -0.497 e. The Bertz CT molecular complexity index is 390. The Morgan fingerprint density at radius 2 is 2.22 bits per heavy atom. The van der Waals surface area contributed by atoms with Crippen LogP contribution in [0.5, 0.6) is 5.75 Å². The van der Waals surface area contributed by atoms with Crippen molar-refractivity contribution in [1.82, 2.24) is 4.90 Å². The van der Waals surface area contributed by atoms with Gasteiger partial charge in [0.05, 0.1) is 7.11 Å². The molecule has 2 nitrogen and oxygen atoms in total. The molecule has 1 atom stereocenters. The Balaban J connectivity index is 2.27. The van der Waals surface area contributed by atoms with Gasteiger partial charge in [-0.05, 0) is 44.1 Å². The van der Waals surface area contributed by atoms with Gasteiger partial charge in [0.15, 0.2) is 0 Å². The van der Waals surface area contributed by atoms with Crippen molar-refractivity contribution in [3.8, 4) is 5.75 Å². The van der Waals surface area contributed by atoms with E-state index in [9.17, 15) is 0 Å². The summed E-state index contributed by atoms with van der Waals surface area (Å²) >= 11 is 0. The van der Waals surface area contributed by atoms with E-state index in [1.807, 2.05) is 6.07 Å². The fraction of sp³-hybridized carbons (Fsp3) is 0.625. The van der Waals surface area contributed by atoms with Crippen LogP contribution in [-0.2, 0) is 5.41 Å². The molecule has 1 aromatic carbocycles. The van der Waals surface area contributed by atoms with E-state index in [0.717, 1.165) is 5.75 Å². The second-order valence-corrected chi connectivity index (χ2v) is 5.60. The van der Waals surface area contributed by atoms with Crippen LogP contribution in [0, 0.1) is 0 Å². The molecule has 1 saturated heterocycles. The van der Waals surface area contributed by atoms with Crippen LogP contribution < -0.4 is 4.74 Å². The van der Waals surface area contributed by atoms with E-state index >= 15 is 0 Å². The van der Waals surface area contributed by atoms with Gasteiger partial charge in [-0.3, -0.25) is 0 Å².